The molecule has 1 aromatic carbocycles. The molecule has 4 nitrogen and oxygen atoms in total. The quantitative estimate of drug-likeness (QED) is 0.591. The van der Waals surface area contributed by atoms with Crippen molar-refractivity contribution in [2.24, 2.45) is 0 Å². The Hall–Kier alpha value is -2.87. The van der Waals surface area contributed by atoms with Crippen molar-refractivity contribution >= 4 is 17.0 Å². The van der Waals surface area contributed by atoms with Crippen molar-refractivity contribution < 1.29 is 14.6 Å². The summed E-state index contributed by atoms with van der Waals surface area (Å²) in [4.78, 5) is 12.8. The lowest BCUT2D eigenvalue weighted by atomic mass is 10.00. The largest absolute Gasteiger partial charge is 0.464 e. The first kappa shape index (κ1) is 24.1. The van der Waals surface area contributed by atoms with Crippen molar-refractivity contribution in [3.8, 4) is 12.8 Å². The van der Waals surface area contributed by atoms with Crippen LogP contribution in [0.1, 0.15) is 37.5 Å². The minimum absolute atomic E-state index is 0.121. The van der Waals surface area contributed by atoms with E-state index in [9.17, 15) is 9.90 Å². The molecule has 27 heavy (non-hydrogen) atoms. The molecule has 0 fully saturated rings. The summed E-state index contributed by atoms with van der Waals surface area (Å²) in [7, 11) is 0. The van der Waals surface area contributed by atoms with Crippen LogP contribution in [0.3, 0.4) is 0 Å². The van der Waals surface area contributed by atoms with Gasteiger partial charge in [0, 0.05) is 5.56 Å². The van der Waals surface area contributed by atoms with E-state index in [1.54, 1.807) is 18.2 Å². The topological polar surface area (TPSA) is 70.7 Å². The number of benzene rings is 1. The first-order valence-electron chi connectivity index (χ1n) is 8.78. The normalized spacial score (nSPS) is 10.8. The van der Waals surface area contributed by atoms with Gasteiger partial charge in [-0.15, -0.1) is 12.8 Å². The third-order valence-corrected chi connectivity index (χ3v) is 3.48. The standard InChI is InChI=1S/C19H20O4.C2H6.C2H2/c1-2-3-4-5-7-15-13-23-17-10-9-14(12-21)16(8-6-11-20)18(17)19(15)22;2*1-2/h2-6,8-10,13,20-21H,7,11-12H2,1H3;1-2H3;1-2H/b3-2-,5-4-,8-6-;;. The number of rotatable bonds is 6. The Morgan fingerprint density at radius 3 is 2.37 bits per heavy atom. The third-order valence-electron chi connectivity index (χ3n) is 3.48. The number of aliphatic hydroxyl groups excluding tert-OH is 2. The van der Waals surface area contributed by atoms with Gasteiger partial charge in [-0.3, -0.25) is 4.79 Å². The van der Waals surface area contributed by atoms with E-state index in [0.29, 0.717) is 34.1 Å². The second-order valence-corrected chi connectivity index (χ2v) is 5.00. The SMILES string of the molecule is C#C.C/C=C\C=C/Cc1coc2ccc(CO)c(/C=C\CO)c2c1=O.CC. The number of allylic oxidation sites excluding steroid dienone is 4. The fourth-order valence-corrected chi connectivity index (χ4v) is 2.35. The number of hydrogen-bond donors (Lipinski definition) is 2. The Morgan fingerprint density at radius 2 is 1.78 bits per heavy atom. The van der Waals surface area contributed by atoms with Crippen LogP contribution < -0.4 is 5.43 Å². The minimum Gasteiger partial charge on any atom is -0.464 e. The van der Waals surface area contributed by atoms with Gasteiger partial charge in [0.25, 0.3) is 0 Å². The van der Waals surface area contributed by atoms with Crippen LogP contribution in [0.2, 0.25) is 0 Å². The van der Waals surface area contributed by atoms with Gasteiger partial charge in [0.15, 0.2) is 5.43 Å². The molecule has 0 radical (unpaired) electrons. The molecular formula is C23H28O4. The first-order valence-corrected chi connectivity index (χ1v) is 8.78. The van der Waals surface area contributed by atoms with Gasteiger partial charge < -0.3 is 14.6 Å². The van der Waals surface area contributed by atoms with Crippen LogP contribution in [0.15, 0.2) is 58.0 Å². The van der Waals surface area contributed by atoms with Gasteiger partial charge in [-0.25, -0.2) is 0 Å². The Kier molecular flexibility index (Phi) is 12.8. The molecule has 0 aliphatic rings. The van der Waals surface area contributed by atoms with Crippen LogP contribution in [0, 0.1) is 12.8 Å². The van der Waals surface area contributed by atoms with Crippen LogP contribution in [-0.2, 0) is 13.0 Å². The van der Waals surface area contributed by atoms with Crippen molar-refractivity contribution in [3.63, 3.8) is 0 Å². The van der Waals surface area contributed by atoms with E-state index in [-0.39, 0.29) is 18.6 Å². The van der Waals surface area contributed by atoms with Crippen molar-refractivity contribution in [2.75, 3.05) is 6.61 Å². The maximum atomic E-state index is 12.8. The zero-order valence-electron chi connectivity index (χ0n) is 16.2. The van der Waals surface area contributed by atoms with E-state index in [2.05, 4.69) is 12.8 Å². The highest BCUT2D eigenvalue weighted by atomic mass is 16.3. The molecule has 2 rings (SSSR count). The second kappa shape index (κ2) is 14.3. The highest BCUT2D eigenvalue weighted by Crippen LogP contribution is 2.22. The third kappa shape index (κ3) is 6.74. The predicted molar refractivity (Wildman–Crippen MR) is 113 cm³/mol. The molecular weight excluding hydrogens is 340 g/mol. The molecule has 0 aliphatic heterocycles. The van der Waals surface area contributed by atoms with Crippen LogP contribution in [-0.4, -0.2) is 16.8 Å². The molecule has 0 aliphatic carbocycles. The molecule has 2 N–H and O–H groups in total. The zero-order valence-corrected chi connectivity index (χ0v) is 16.2. The molecule has 0 bridgehead atoms. The van der Waals surface area contributed by atoms with Crippen LogP contribution in [0.5, 0.6) is 0 Å². The summed E-state index contributed by atoms with van der Waals surface area (Å²) in [6, 6.07) is 3.39. The average Bonchev–Trinajstić information content (AvgIpc) is 2.73. The average molecular weight is 368 g/mol. The highest BCUT2D eigenvalue weighted by molar-refractivity contribution is 5.88. The molecule has 2 aromatic rings. The molecule has 0 amide bonds. The maximum absolute atomic E-state index is 12.8. The lowest BCUT2D eigenvalue weighted by Crippen LogP contribution is -2.10. The number of fused-ring (bicyclic) bond motifs is 1. The van der Waals surface area contributed by atoms with Gasteiger partial charge in [-0.1, -0.05) is 56.4 Å². The van der Waals surface area contributed by atoms with Gasteiger partial charge in [-0.05, 0) is 30.5 Å². The Labute approximate surface area is 161 Å². The van der Waals surface area contributed by atoms with E-state index < -0.39 is 0 Å². The van der Waals surface area contributed by atoms with Crippen LogP contribution in [0.4, 0.5) is 0 Å². The van der Waals surface area contributed by atoms with Crippen LogP contribution >= 0.6 is 0 Å². The van der Waals surface area contributed by atoms with Gasteiger partial charge >= 0.3 is 0 Å². The lowest BCUT2D eigenvalue weighted by Gasteiger charge is -2.08. The first-order chi connectivity index (χ1) is 13.2. The molecule has 1 heterocycles. The van der Waals surface area contributed by atoms with E-state index in [1.807, 2.05) is 45.1 Å². The number of hydrogen-bond acceptors (Lipinski definition) is 4. The second-order valence-electron chi connectivity index (χ2n) is 5.00. The fourth-order valence-electron chi connectivity index (χ4n) is 2.35. The van der Waals surface area contributed by atoms with Crippen molar-refractivity contribution in [1.29, 1.82) is 0 Å². The molecule has 1 aromatic heterocycles. The smallest absolute Gasteiger partial charge is 0.196 e. The van der Waals surface area contributed by atoms with Gasteiger partial charge in [-0.2, -0.15) is 0 Å². The minimum atomic E-state index is -0.189. The molecule has 0 unspecified atom stereocenters. The summed E-state index contributed by atoms with van der Waals surface area (Å²) < 4.78 is 5.57. The van der Waals surface area contributed by atoms with Gasteiger partial charge in [0.2, 0.25) is 0 Å². The maximum Gasteiger partial charge on any atom is 0.196 e. The monoisotopic (exact) mass is 368 g/mol. The Balaban J connectivity index is 0.00000158. The summed E-state index contributed by atoms with van der Waals surface area (Å²) in [6.45, 7) is 5.59. The number of terminal acetylenes is 1. The van der Waals surface area contributed by atoms with Crippen molar-refractivity contribution in [1.82, 2.24) is 0 Å². The van der Waals surface area contributed by atoms with E-state index in [0.717, 1.165) is 0 Å². The highest BCUT2D eigenvalue weighted by Gasteiger charge is 2.12. The molecule has 144 valence electrons. The van der Waals surface area contributed by atoms with E-state index in [4.69, 9.17) is 9.52 Å². The fraction of sp³-hybridized carbons (Fsp3) is 0.261. The van der Waals surface area contributed by atoms with Gasteiger partial charge in [0.05, 0.1) is 24.9 Å². The number of aliphatic hydroxyl groups is 2. The Morgan fingerprint density at radius 1 is 1.07 bits per heavy atom. The summed E-state index contributed by atoms with van der Waals surface area (Å²) in [6.07, 6.45) is 20.7. The molecule has 0 saturated heterocycles. The molecule has 0 saturated carbocycles. The summed E-state index contributed by atoms with van der Waals surface area (Å²) in [5.74, 6) is 0. The lowest BCUT2D eigenvalue weighted by molar-refractivity contribution is 0.281. The molecule has 0 spiro atoms. The van der Waals surface area contributed by atoms with Gasteiger partial charge in [0.1, 0.15) is 5.58 Å². The van der Waals surface area contributed by atoms with Crippen LogP contribution in [0.25, 0.3) is 17.0 Å². The van der Waals surface area contributed by atoms with Crippen molar-refractivity contribution in [2.45, 2.75) is 33.8 Å². The molecule has 0 atom stereocenters. The summed E-state index contributed by atoms with van der Waals surface area (Å²) in [5.41, 5.74) is 2.10. The Bertz CT molecular complexity index is 852. The van der Waals surface area contributed by atoms with Crippen molar-refractivity contribution in [3.05, 3.63) is 75.7 Å². The predicted octanol–water partition coefficient (Wildman–Crippen LogP) is 4.24. The molecule has 4 heteroatoms. The van der Waals surface area contributed by atoms with E-state index in [1.165, 1.54) is 12.3 Å². The van der Waals surface area contributed by atoms with E-state index >= 15 is 0 Å². The zero-order chi connectivity index (χ0) is 20.7. The summed E-state index contributed by atoms with van der Waals surface area (Å²) >= 11 is 0. The summed E-state index contributed by atoms with van der Waals surface area (Å²) in [5, 5.41) is 18.9.